The number of nitrogens with one attached hydrogen (secondary N) is 1. The molecule has 2 amide bonds. The first-order chi connectivity index (χ1) is 11.1. The Labute approximate surface area is 139 Å². The minimum Gasteiger partial charge on any atom is -0.331 e. The van der Waals surface area contributed by atoms with Gasteiger partial charge in [0.15, 0.2) is 0 Å². The third-order valence-corrected chi connectivity index (χ3v) is 4.62. The van der Waals surface area contributed by atoms with Gasteiger partial charge < -0.3 is 10.2 Å². The fourth-order valence-electron chi connectivity index (χ4n) is 2.29. The highest BCUT2D eigenvalue weighted by Crippen LogP contribution is 2.22. The van der Waals surface area contributed by atoms with E-state index in [0.717, 1.165) is 20.8 Å². The zero-order chi connectivity index (χ0) is 16.2. The van der Waals surface area contributed by atoms with Gasteiger partial charge in [0.05, 0.1) is 22.8 Å². The van der Waals surface area contributed by atoms with Crippen molar-refractivity contribution in [2.24, 2.45) is 0 Å². The molecule has 0 aliphatic heterocycles. The van der Waals surface area contributed by atoms with Gasteiger partial charge in [-0.3, -0.25) is 4.98 Å². The Morgan fingerprint density at radius 3 is 2.74 bits per heavy atom. The number of rotatable bonds is 4. The zero-order valence-corrected chi connectivity index (χ0v) is 13.9. The minimum atomic E-state index is -0.117. The van der Waals surface area contributed by atoms with Crippen LogP contribution in [0.3, 0.4) is 0 Å². The third kappa shape index (κ3) is 3.65. The number of amides is 2. The van der Waals surface area contributed by atoms with Gasteiger partial charge in [0.25, 0.3) is 0 Å². The first-order valence-electron chi connectivity index (χ1n) is 7.39. The van der Waals surface area contributed by atoms with Gasteiger partial charge in [0, 0.05) is 19.4 Å². The molecule has 118 valence electrons. The molecule has 6 heteroatoms. The SMILES string of the molecule is CC(NC(=O)N(C)Cc1nc2ccccc2s1)c1ccncc1. The second-order valence-corrected chi connectivity index (χ2v) is 6.50. The number of thiazole rings is 1. The molecule has 2 heterocycles. The molecule has 0 aliphatic carbocycles. The van der Waals surface area contributed by atoms with Gasteiger partial charge in [0.2, 0.25) is 0 Å². The lowest BCUT2D eigenvalue weighted by Crippen LogP contribution is -2.38. The number of carbonyl (C=O) groups is 1. The van der Waals surface area contributed by atoms with Gasteiger partial charge in [0.1, 0.15) is 5.01 Å². The summed E-state index contributed by atoms with van der Waals surface area (Å²) in [4.78, 5) is 22.5. The maximum atomic E-state index is 12.3. The van der Waals surface area contributed by atoms with Crippen LogP contribution in [0.4, 0.5) is 4.79 Å². The molecule has 1 unspecified atom stereocenters. The molecule has 2 aromatic heterocycles. The Hall–Kier alpha value is -2.47. The summed E-state index contributed by atoms with van der Waals surface area (Å²) in [6.07, 6.45) is 3.45. The molecular weight excluding hydrogens is 308 g/mol. The standard InChI is InChI=1S/C17H18N4OS/c1-12(13-7-9-18-10-8-13)19-17(22)21(2)11-16-20-14-5-3-4-6-15(14)23-16/h3-10,12H,11H2,1-2H3,(H,19,22). The van der Waals surface area contributed by atoms with Gasteiger partial charge in [-0.25, -0.2) is 9.78 Å². The van der Waals surface area contributed by atoms with Crippen LogP contribution in [0.2, 0.25) is 0 Å². The highest BCUT2D eigenvalue weighted by atomic mass is 32.1. The van der Waals surface area contributed by atoms with Crippen LogP contribution in [-0.2, 0) is 6.54 Å². The van der Waals surface area contributed by atoms with Crippen molar-refractivity contribution in [2.75, 3.05) is 7.05 Å². The lowest BCUT2D eigenvalue weighted by atomic mass is 10.1. The van der Waals surface area contributed by atoms with Crippen LogP contribution in [0.5, 0.6) is 0 Å². The van der Waals surface area contributed by atoms with E-state index in [1.54, 1.807) is 35.7 Å². The number of nitrogens with zero attached hydrogens (tertiary/aromatic N) is 3. The van der Waals surface area contributed by atoms with E-state index in [1.165, 1.54) is 0 Å². The molecule has 0 aliphatic rings. The van der Waals surface area contributed by atoms with Gasteiger partial charge in [-0.2, -0.15) is 0 Å². The minimum absolute atomic E-state index is 0.0664. The number of para-hydroxylation sites is 1. The largest absolute Gasteiger partial charge is 0.331 e. The second-order valence-electron chi connectivity index (χ2n) is 5.38. The Morgan fingerprint density at radius 2 is 2.00 bits per heavy atom. The van der Waals surface area contributed by atoms with Crippen molar-refractivity contribution >= 4 is 27.6 Å². The summed E-state index contributed by atoms with van der Waals surface area (Å²) in [5.41, 5.74) is 2.01. The summed E-state index contributed by atoms with van der Waals surface area (Å²) in [6, 6.07) is 11.6. The number of benzene rings is 1. The van der Waals surface area contributed by atoms with Crippen molar-refractivity contribution in [3.8, 4) is 0 Å². The van der Waals surface area contributed by atoms with E-state index in [1.807, 2.05) is 43.3 Å². The van der Waals surface area contributed by atoms with Crippen molar-refractivity contribution in [3.63, 3.8) is 0 Å². The molecule has 0 bridgehead atoms. The quantitative estimate of drug-likeness (QED) is 0.797. The molecule has 1 atom stereocenters. The molecule has 5 nitrogen and oxygen atoms in total. The molecule has 0 saturated carbocycles. The summed E-state index contributed by atoms with van der Waals surface area (Å²) in [7, 11) is 1.78. The second kappa shape index (κ2) is 6.75. The van der Waals surface area contributed by atoms with Gasteiger partial charge in [-0.1, -0.05) is 12.1 Å². The molecule has 0 saturated heterocycles. The van der Waals surface area contributed by atoms with Gasteiger partial charge in [-0.05, 0) is 36.8 Å². The third-order valence-electron chi connectivity index (χ3n) is 3.60. The Balaban J connectivity index is 1.63. The first kappa shape index (κ1) is 15.4. The van der Waals surface area contributed by atoms with Crippen LogP contribution < -0.4 is 5.32 Å². The Morgan fingerprint density at radius 1 is 1.26 bits per heavy atom. The van der Waals surface area contributed by atoms with E-state index >= 15 is 0 Å². The van der Waals surface area contributed by atoms with Gasteiger partial charge >= 0.3 is 6.03 Å². The van der Waals surface area contributed by atoms with Crippen LogP contribution in [0.1, 0.15) is 23.5 Å². The van der Waals surface area contributed by atoms with Crippen LogP contribution in [0, 0.1) is 0 Å². The van der Waals surface area contributed by atoms with Crippen molar-refractivity contribution in [1.82, 2.24) is 20.2 Å². The highest BCUT2D eigenvalue weighted by molar-refractivity contribution is 7.18. The normalized spacial score (nSPS) is 12.1. The molecular formula is C17H18N4OS. The van der Waals surface area contributed by atoms with Crippen LogP contribution in [0.25, 0.3) is 10.2 Å². The topological polar surface area (TPSA) is 58.1 Å². The number of pyridine rings is 1. The number of carbonyl (C=O) groups excluding carboxylic acids is 1. The molecule has 0 radical (unpaired) electrons. The van der Waals surface area contributed by atoms with E-state index in [-0.39, 0.29) is 12.1 Å². The predicted molar refractivity (Wildman–Crippen MR) is 92.3 cm³/mol. The van der Waals surface area contributed by atoms with Crippen LogP contribution in [0.15, 0.2) is 48.8 Å². The smallest absolute Gasteiger partial charge is 0.317 e. The van der Waals surface area contributed by atoms with Crippen molar-refractivity contribution < 1.29 is 4.79 Å². The highest BCUT2D eigenvalue weighted by Gasteiger charge is 2.15. The summed E-state index contributed by atoms with van der Waals surface area (Å²) in [5.74, 6) is 0. The van der Waals surface area contributed by atoms with E-state index in [2.05, 4.69) is 15.3 Å². The molecule has 23 heavy (non-hydrogen) atoms. The molecule has 3 aromatic rings. The zero-order valence-electron chi connectivity index (χ0n) is 13.1. The van der Waals surface area contributed by atoms with Crippen molar-refractivity contribution in [3.05, 3.63) is 59.4 Å². The number of hydrogen-bond acceptors (Lipinski definition) is 4. The fraction of sp³-hybridized carbons (Fsp3) is 0.235. The van der Waals surface area contributed by atoms with E-state index in [0.29, 0.717) is 6.54 Å². The summed E-state index contributed by atoms with van der Waals surface area (Å²) in [5, 5.41) is 3.92. The van der Waals surface area contributed by atoms with Crippen molar-refractivity contribution in [2.45, 2.75) is 19.5 Å². The van der Waals surface area contributed by atoms with Gasteiger partial charge in [-0.15, -0.1) is 11.3 Å². The fourth-order valence-corrected chi connectivity index (χ4v) is 3.31. The molecule has 1 N–H and O–H groups in total. The van der Waals surface area contributed by atoms with E-state index in [9.17, 15) is 4.79 Å². The molecule has 3 rings (SSSR count). The lowest BCUT2D eigenvalue weighted by molar-refractivity contribution is 0.203. The Kier molecular flexibility index (Phi) is 4.52. The average Bonchev–Trinajstić information content (AvgIpc) is 2.97. The maximum absolute atomic E-state index is 12.3. The lowest BCUT2D eigenvalue weighted by Gasteiger charge is -2.20. The molecule has 1 aromatic carbocycles. The predicted octanol–water partition coefficient (Wildman–Crippen LogP) is 3.59. The van der Waals surface area contributed by atoms with E-state index < -0.39 is 0 Å². The summed E-state index contributed by atoms with van der Waals surface area (Å²) in [6.45, 7) is 2.45. The van der Waals surface area contributed by atoms with Crippen molar-refractivity contribution in [1.29, 1.82) is 0 Å². The summed E-state index contributed by atoms with van der Waals surface area (Å²) < 4.78 is 1.14. The monoisotopic (exact) mass is 326 g/mol. The molecule has 0 fully saturated rings. The van der Waals surface area contributed by atoms with Crippen LogP contribution in [-0.4, -0.2) is 27.9 Å². The first-order valence-corrected chi connectivity index (χ1v) is 8.21. The Bertz CT molecular complexity index is 769. The average molecular weight is 326 g/mol. The van der Waals surface area contributed by atoms with E-state index in [4.69, 9.17) is 0 Å². The maximum Gasteiger partial charge on any atom is 0.317 e. The number of aromatic nitrogens is 2. The van der Waals surface area contributed by atoms with Crippen LogP contribution >= 0.6 is 11.3 Å². The number of fused-ring (bicyclic) bond motifs is 1. The number of urea groups is 1. The summed E-state index contributed by atoms with van der Waals surface area (Å²) >= 11 is 1.62. The molecule has 0 spiro atoms. The number of hydrogen-bond donors (Lipinski definition) is 1.